The van der Waals surface area contributed by atoms with Gasteiger partial charge in [0, 0.05) is 25.1 Å². The number of rotatable bonds is 7. The number of halogens is 3. The molecule has 12 heteroatoms. The predicted octanol–water partition coefficient (Wildman–Crippen LogP) is 3.23. The Balaban J connectivity index is 1.80. The summed E-state index contributed by atoms with van der Waals surface area (Å²) in [7, 11) is 1.65. The summed E-state index contributed by atoms with van der Waals surface area (Å²) in [5, 5.41) is 15.8. The molecule has 2 heterocycles. The van der Waals surface area contributed by atoms with Gasteiger partial charge in [-0.15, -0.1) is 24.5 Å². The molecule has 3 rings (SSSR count). The van der Waals surface area contributed by atoms with Crippen LogP contribution in [0.3, 0.4) is 0 Å². The molecular weight excluding hydrogens is 497 g/mol. The first-order valence-electron chi connectivity index (χ1n) is 11.4. The number of hydrogen-bond acceptors (Lipinski definition) is 7. The quantitative estimate of drug-likeness (QED) is 0.510. The van der Waals surface area contributed by atoms with Gasteiger partial charge in [-0.1, -0.05) is 32.9 Å². The molecule has 1 saturated heterocycles. The van der Waals surface area contributed by atoms with Crippen LogP contribution in [-0.4, -0.2) is 64.9 Å². The van der Waals surface area contributed by atoms with Gasteiger partial charge in [0.15, 0.2) is 0 Å². The number of aliphatic hydroxyl groups excluding tert-OH is 1. The standard InChI is InChI=1S/C24H31F3N4O4S/c1-13-19(36-12-30-13)14-6-7-15(18(8-14)35-24(25,26)27)10-29-21(33)17-9-16(32)11-31(17)22(34)20(28-5)23(2,3)4/h6-8,12,16-17,20,28,32H,9-11H2,1-5H3,(H,29,33). The molecular formula is C24H31F3N4O4S. The monoisotopic (exact) mass is 528 g/mol. The third kappa shape index (κ3) is 6.54. The fourth-order valence-corrected chi connectivity index (χ4v) is 5.14. The molecule has 3 N–H and O–H groups in total. The maximum absolute atomic E-state index is 13.2. The molecule has 3 unspecified atom stereocenters. The molecule has 1 aliphatic heterocycles. The van der Waals surface area contributed by atoms with Gasteiger partial charge < -0.3 is 25.4 Å². The van der Waals surface area contributed by atoms with Gasteiger partial charge >= 0.3 is 6.36 Å². The maximum Gasteiger partial charge on any atom is 0.573 e. The fraction of sp³-hybridized carbons (Fsp3) is 0.542. The van der Waals surface area contributed by atoms with E-state index in [9.17, 15) is 27.9 Å². The number of likely N-dealkylation sites (N-methyl/N-ethyl adjacent to an activating group) is 1. The Morgan fingerprint density at radius 3 is 2.56 bits per heavy atom. The number of carbonyl (C=O) groups is 2. The number of benzene rings is 1. The molecule has 1 aliphatic rings. The van der Waals surface area contributed by atoms with Gasteiger partial charge in [-0.3, -0.25) is 9.59 Å². The topological polar surface area (TPSA) is 104 Å². The molecule has 1 fully saturated rings. The third-order valence-corrected chi connectivity index (χ3v) is 7.00. The van der Waals surface area contributed by atoms with Crippen LogP contribution < -0.4 is 15.4 Å². The molecule has 8 nitrogen and oxygen atoms in total. The number of ether oxygens (including phenoxy) is 1. The zero-order chi connectivity index (χ0) is 26.8. The van der Waals surface area contributed by atoms with Crippen molar-refractivity contribution in [3.63, 3.8) is 0 Å². The summed E-state index contributed by atoms with van der Waals surface area (Å²) in [6.45, 7) is 7.14. The van der Waals surface area contributed by atoms with Crippen molar-refractivity contribution in [1.82, 2.24) is 20.5 Å². The first-order valence-corrected chi connectivity index (χ1v) is 12.3. The van der Waals surface area contributed by atoms with E-state index in [0.29, 0.717) is 16.1 Å². The number of nitrogens with one attached hydrogen (secondary N) is 2. The van der Waals surface area contributed by atoms with Crippen molar-refractivity contribution in [1.29, 1.82) is 0 Å². The first-order chi connectivity index (χ1) is 16.7. The number of alkyl halides is 3. The van der Waals surface area contributed by atoms with E-state index >= 15 is 0 Å². The van der Waals surface area contributed by atoms with Gasteiger partial charge in [0.05, 0.1) is 28.2 Å². The number of nitrogens with zero attached hydrogens (tertiary/aromatic N) is 2. The van der Waals surface area contributed by atoms with Crippen LogP contribution in [-0.2, 0) is 16.1 Å². The normalized spacial score (nSPS) is 19.3. The molecule has 0 bridgehead atoms. The zero-order valence-electron chi connectivity index (χ0n) is 20.8. The second-order valence-corrected chi connectivity index (χ2v) is 10.7. The van der Waals surface area contributed by atoms with Gasteiger partial charge in [0.25, 0.3) is 0 Å². The second kappa shape index (κ2) is 10.7. The molecule has 0 spiro atoms. The van der Waals surface area contributed by atoms with Crippen molar-refractivity contribution < 1.29 is 32.6 Å². The lowest BCUT2D eigenvalue weighted by Crippen LogP contribution is -2.55. The minimum Gasteiger partial charge on any atom is -0.405 e. The number of aryl methyl sites for hydroxylation is 1. The Kier molecular flexibility index (Phi) is 8.31. The van der Waals surface area contributed by atoms with E-state index in [0.717, 1.165) is 0 Å². The van der Waals surface area contributed by atoms with Gasteiger partial charge in [0.2, 0.25) is 11.8 Å². The van der Waals surface area contributed by atoms with Crippen molar-refractivity contribution in [2.24, 2.45) is 5.41 Å². The maximum atomic E-state index is 13.2. The summed E-state index contributed by atoms with van der Waals surface area (Å²) in [5.74, 6) is -1.33. The smallest absolute Gasteiger partial charge is 0.405 e. The number of carbonyl (C=O) groups excluding carboxylic acids is 2. The van der Waals surface area contributed by atoms with E-state index in [1.54, 1.807) is 25.5 Å². The largest absolute Gasteiger partial charge is 0.573 e. The lowest BCUT2D eigenvalue weighted by molar-refractivity contribution is -0.274. The summed E-state index contributed by atoms with van der Waals surface area (Å²) >= 11 is 1.30. The third-order valence-electron chi connectivity index (χ3n) is 6.02. The Morgan fingerprint density at radius 2 is 2.00 bits per heavy atom. The molecule has 0 radical (unpaired) electrons. The van der Waals surface area contributed by atoms with Crippen LogP contribution in [0, 0.1) is 12.3 Å². The second-order valence-electron chi connectivity index (χ2n) is 9.84. The van der Waals surface area contributed by atoms with E-state index in [2.05, 4.69) is 20.4 Å². The van der Waals surface area contributed by atoms with Crippen LogP contribution in [0.2, 0.25) is 0 Å². The molecule has 0 saturated carbocycles. The van der Waals surface area contributed by atoms with E-state index in [4.69, 9.17) is 0 Å². The van der Waals surface area contributed by atoms with Crippen molar-refractivity contribution in [2.75, 3.05) is 13.6 Å². The van der Waals surface area contributed by atoms with Crippen LogP contribution >= 0.6 is 11.3 Å². The minimum atomic E-state index is -4.92. The van der Waals surface area contributed by atoms with E-state index in [1.807, 2.05) is 20.8 Å². The molecule has 36 heavy (non-hydrogen) atoms. The number of likely N-dealkylation sites (tertiary alicyclic amines) is 1. The van der Waals surface area contributed by atoms with Gasteiger partial charge in [-0.25, -0.2) is 4.98 Å². The average molecular weight is 529 g/mol. The zero-order valence-corrected chi connectivity index (χ0v) is 21.6. The summed E-state index contributed by atoms with van der Waals surface area (Å²) in [6.07, 6.45) is -5.77. The Hall–Kier alpha value is -2.70. The average Bonchev–Trinajstić information content (AvgIpc) is 3.36. The van der Waals surface area contributed by atoms with Crippen molar-refractivity contribution in [3.8, 4) is 16.2 Å². The minimum absolute atomic E-state index is 0.00346. The predicted molar refractivity (Wildman–Crippen MR) is 129 cm³/mol. The highest BCUT2D eigenvalue weighted by molar-refractivity contribution is 7.13. The highest BCUT2D eigenvalue weighted by Gasteiger charge is 2.43. The van der Waals surface area contributed by atoms with Crippen molar-refractivity contribution in [2.45, 2.75) is 65.2 Å². The number of hydrogen-bond donors (Lipinski definition) is 3. The lowest BCUT2D eigenvalue weighted by atomic mass is 9.86. The molecule has 2 amide bonds. The molecule has 0 aliphatic carbocycles. The van der Waals surface area contributed by atoms with Crippen molar-refractivity contribution >= 4 is 23.2 Å². The number of amides is 2. The summed E-state index contributed by atoms with van der Waals surface area (Å²) in [4.78, 5) is 32.4. The molecule has 198 valence electrons. The SMILES string of the molecule is CNC(C(=O)N1CC(O)CC1C(=O)NCc1ccc(-c2scnc2C)cc1OC(F)(F)F)C(C)(C)C. The van der Waals surface area contributed by atoms with Gasteiger partial charge in [-0.2, -0.15) is 0 Å². The number of β-amino-alcohol motifs (C(OH)–C–C–N with tert-alkyl or cyclic N) is 1. The Labute approximate surface area is 211 Å². The Morgan fingerprint density at radius 1 is 1.31 bits per heavy atom. The summed E-state index contributed by atoms with van der Waals surface area (Å²) < 4.78 is 43.6. The Bertz CT molecular complexity index is 1100. The fourth-order valence-electron chi connectivity index (χ4n) is 4.34. The van der Waals surface area contributed by atoms with Crippen LogP contribution in [0.4, 0.5) is 13.2 Å². The van der Waals surface area contributed by atoms with E-state index in [1.165, 1.54) is 28.4 Å². The lowest BCUT2D eigenvalue weighted by Gasteiger charge is -2.34. The summed E-state index contributed by atoms with van der Waals surface area (Å²) in [6, 6.07) is 2.83. The number of thiazole rings is 1. The van der Waals surface area contributed by atoms with Crippen LogP contribution in [0.15, 0.2) is 23.7 Å². The van der Waals surface area contributed by atoms with E-state index in [-0.39, 0.29) is 31.0 Å². The van der Waals surface area contributed by atoms with Gasteiger partial charge in [-0.05, 0) is 31.0 Å². The highest BCUT2D eigenvalue weighted by Crippen LogP contribution is 2.34. The van der Waals surface area contributed by atoms with E-state index < -0.39 is 41.6 Å². The number of aliphatic hydroxyl groups is 1. The first kappa shape index (κ1) is 27.9. The highest BCUT2D eigenvalue weighted by atomic mass is 32.1. The molecule has 1 aromatic heterocycles. The summed E-state index contributed by atoms with van der Waals surface area (Å²) in [5.41, 5.74) is 2.47. The van der Waals surface area contributed by atoms with Crippen LogP contribution in [0.25, 0.3) is 10.4 Å². The van der Waals surface area contributed by atoms with Crippen molar-refractivity contribution in [3.05, 3.63) is 35.0 Å². The van der Waals surface area contributed by atoms with Crippen LogP contribution in [0.1, 0.15) is 38.4 Å². The number of aromatic nitrogens is 1. The van der Waals surface area contributed by atoms with Crippen LogP contribution in [0.5, 0.6) is 5.75 Å². The molecule has 1 aromatic carbocycles. The molecule has 2 aromatic rings. The molecule has 3 atom stereocenters. The van der Waals surface area contributed by atoms with Gasteiger partial charge in [0.1, 0.15) is 11.8 Å².